The third-order valence-electron chi connectivity index (χ3n) is 4.93. The molecule has 0 spiro atoms. The summed E-state index contributed by atoms with van der Waals surface area (Å²) in [5.41, 5.74) is 1.73. The van der Waals surface area contributed by atoms with E-state index in [9.17, 15) is 14.9 Å². The second-order valence-electron chi connectivity index (χ2n) is 6.52. The zero-order valence-electron chi connectivity index (χ0n) is 14.4. The number of carbonyl (C=O) groups excluding carboxylic acids is 2. The molecule has 2 aromatic rings. The van der Waals surface area contributed by atoms with Crippen molar-refractivity contribution in [3.05, 3.63) is 30.1 Å². The van der Waals surface area contributed by atoms with E-state index in [1.807, 2.05) is 34.9 Å². The van der Waals surface area contributed by atoms with E-state index >= 15 is 0 Å². The maximum absolute atomic E-state index is 12.6. The number of rotatable bonds is 5. The van der Waals surface area contributed by atoms with Gasteiger partial charge >= 0.3 is 0 Å². The predicted molar refractivity (Wildman–Crippen MR) is 93.7 cm³/mol. The zero-order chi connectivity index (χ0) is 17.8. The van der Waals surface area contributed by atoms with Crippen molar-refractivity contribution in [3.63, 3.8) is 0 Å². The van der Waals surface area contributed by atoms with Gasteiger partial charge < -0.3 is 9.88 Å². The number of ketones is 1. The van der Waals surface area contributed by atoms with E-state index in [-0.39, 0.29) is 6.54 Å². The van der Waals surface area contributed by atoms with Crippen LogP contribution in [0.4, 0.5) is 0 Å². The fourth-order valence-electron chi connectivity index (χ4n) is 3.60. The highest BCUT2D eigenvalue weighted by atomic mass is 16.2. The quantitative estimate of drug-likeness (QED) is 0.849. The lowest BCUT2D eigenvalue weighted by molar-refractivity contribution is -0.131. The number of aromatic nitrogens is 2. The Hall–Kier alpha value is -2.68. The Morgan fingerprint density at radius 2 is 2.04 bits per heavy atom. The molecule has 0 radical (unpaired) electrons. The van der Waals surface area contributed by atoms with Gasteiger partial charge in [0.15, 0.2) is 11.7 Å². The lowest BCUT2D eigenvalue weighted by atomic mass is 9.88. The molecule has 1 aliphatic carbocycles. The molecule has 1 saturated carbocycles. The SMILES string of the molecule is CNC(=O)[C@@H](C#N)C(=O)Cn1c(C2CCCCC2)nc2ccccc21. The Balaban J connectivity index is 1.97. The number of imidazole rings is 1. The molecule has 1 aromatic carbocycles. The van der Waals surface area contributed by atoms with Crippen LogP contribution in [0.1, 0.15) is 43.8 Å². The fraction of sp³-hybridized carbons (Fsp3) is 0.474. The van der Waals surface area contributed by atoms with Crippen molar-refractivity contribution in [2.75, 3.05) is 7.05 Å². The number of nitrogens with zero attached hydrogens (tertiary/aromatic N) is 3. The summed E-state index contributed by atoms with van der Waals surface area (Å²) in [6, 6.07) is 9.52. The first-order valence-electron chi connectivity index (χ1n) is 8.74. The Morgan fingerprint density at radius 3 is 2.72 bits per heavy atom. The minimum atomic E-state index is -1.29. The number of Topliss-reactive ketones (excluding diaryl/α,β-unsaturated/α-hetero) is 1. The highest BCUT2D eigenvalue weighted by Crippen LogP contribution is 2.34. The van der Waals surface area contributed by atoms with Crippen molar-refractivity contribution >= 4 is 22.7 Å². The number of nitriles is 1. The average Bonchev–Trinajstić information content (AvgIpc) is 3.01. The predicted octanol–water partition coefficient (Wildman–Crippen LogP) is 2.54. The van der Waals surface area contributed by atoms with Crippen molar-refractivity contribution in [1.82, 2.24) is 14.9 Å². The van der Waals surface area contributed by atoms with E-state index in [4.69, 9.17) is 4.98 Å². The van der Waals surface area contributed by atoms with E-state index in [1.165, 1.54) is 26.3 Å². The summed E-state index contributed by atoms with van der Waals surface area (Å²) in [7, 11) is 1.43. The van der Waals surface area contributed by atoms with Gasteiger partial charge in [-0.25, -0.2) is 4.98 Å². The molecule has 25 heavy (non-hydrogen) atoms. The third kappa shape index (κ3) is 3.41. The van der Waals surface area contributed by atoms with Crippen molar-refractivity contribution in [3.8, 4) is 6.07 Å². The first kappa shape index (κ1) is 17.2. The first-order chi connectivity index (χ1) is 12.2. The van der Waals surface area contributed by atoms with Gasteiger partial charge in [-0.15, -0.1) is 0 Å². The van der Waals surface area contributed by atoms with E-state index in [1.54, 1.807) is 0 Å². The van der Waals surface area contributed by atoms with Gasteiger partial charge in [0.05, 0.1) is 23.6 Å². The van der Waals surface area contributed by atoms with Gasteiger partial charge in [-0.2, -0.15) is 5.26 Å². The van der Waals surface area contributed by atoms with E-state index in [2.05, 4.69) is 5.32 Å². The molecular weight excluding hydrogens is 316 g/mol. The normalized spacial score (nSPS) is 16.3. The molecule has 1 fully saturated rings. The highest BCUT2D eigenvalue weighted by molar-refractivity contribution is 6.04. The summed E-state index contributed by atoms with van der Waals surface area (Å²) in [5.74, 6) is -1.01. The van der Waals surface area contributed by atoms with Crippen molar-refractivity contribution in [2.45, 2.75) is 44.6 Å². The Kier molecular flexibility index (Phi) is 5.13. The lowest BCUT2D eigenvalue weighted by Gasteiger charge is -2.22. The van der Waals surface area contributed by atoms with E-state index in [0.717, 1.165) is 29.7 Å². The molecule has 0 bridgehead atoms. The van der Waals surface area contributed by atoms with Gasteiger partial charge in [-0.05, 0) is 25.0 Å². The number of hydrogen-bond donors (Lipinski definition) is 1. The summed E-state index contributed by atoms with van der Waals surface area (Å²) < 4.78 is 1.90. The van der Waals surface area contributed by atoms with Gasteiger partial charge in [0.2, 0.25) is 5.91 Å². The maximum atomic E-state index is 12.6. The third-order valence-corrected chi connectivity index (χ3v) is 4.93. The molecule has 1 heterocycles. The van der Waals surface area contributed by atoms with Crippen LogP contribution in [0, 0.1) is 17.2 Å². The van der Waals surface area contributed by atoms with Crippen LogP contribution in [-0.4, -0.2) is 28.3 Å². The summed E-state index contributed by atoms with van der Waals surface area (Å²) >= 11 is 0. The second-order valence-corrected chi connectivity index (χ2v) is 6.52. The molecule has 1 N–H and O–H groups in total. The molecule has 0 saturated heterocycles. The maximum Gasteiger partial charge on any atom is 0.244 e. The van der Waals surface area contributed by atoms with Crippen LogP contribution in [0.2, 0.25) is 0 Å². The molecule has 1 amide bonds. The summed E-state index contributed by atoms with van der Waals surface area (Å²) in [5, 5.41) is 11.6. The number of fused-ring (bicyclic) bond motifs is 1. The molecule has 6 heteroatoms. The monoisotopic (exact) mass is 338 g/mol. The largest absolute Gasteiger partial charge is 0.358 e. The van der Waals surface area contributed by atoms with E-state index < -0.39 is 17.6 Å². The van der Waals surface area contributed by atoms with Crippen molar-refractivity contribution in [2.24, 2.45) is 5.92 Å². The molecule has 6 nitrogen and oxygen atoms in total. The van der Waals surface area contributed by atoms with Crippen molar-refractivity contribution < 1.29 is 9.59 Å². The topological polar surface area (TPSA) is 87.8 Å². The minimum absolute atomic E-state index is 0.00199. The molecule has 1 atom stereocenters. The van der Waals surface area contributed by atoms with Crippen molar-refractivity contribution in [1.29, 1.82) is 5.26 Å². The number of nitrogens with one attached hydrogen (secondary N) is 1. The summed E-state index contributed by atoms with van der Waals surface area (Å²) in [6.45, 7) is -0.00199. The molecule has 0 aliphatic heterocycles. The van der Waals surface area contributed by atoms with Crippen LogP contribution in [-0.2, 0) is 16.1 Å². The lowest BCUT2D eigenvalue weighted by Crippen LogP contribution is -2.34. The number of benzene rings is 1. The highest BCUT2D eigenvalue weighted by Gasteiger charge is 2.28. The van der Waals surface area contributed by atoms with Crippen LogP contribution >= 0.6 is 0 Å². The van der Waals surface area contributed by atoms with Crippen LogP contribution in [0.3, 0.4) is 0 Å². The average molecular weight is 338 g/mol. The smallest absolute Gasteiger partial charge is 0.244 e. The van der Waals surface area contributed by atoms with Crippen LogP contribution in [0.15, 0.2) is 24.3 Å². The van der Waals surface area contributed by atoms with Gasteiger partial charge in [0, 0.05) is 13.0 Å². The number of para-hydroxylation sites is 2. The minimum Gasteiger partial charge on any atom is -0.358 e. The Labute approximate surface area is 146 Å². The number of hydrogen-bond acceptors (Lipinski definition) is 4. The summed E-state index contributed by atoms with van der Waals surface area (Å²) in [6.07, 6.45) is 5.70. The molecular formula is C19H22N4O2. The fourth-order valence-corrected chi connectivity index (χ4v) is 3.60. The van der Waals surface area contributed by atoms with E-state index in [0.29, 0.717) is 5.92 Å². The number of amides is 1. The van der Waals surface area contributed by atoms with Crippen LogP contribution in [0.5, 0.6) is 0 Å². The summed E-state index contributed by atoms with van der Waals surface area (Å²) in [4.78, 5) is 29.1. The van der Waals surface area contributed by atoms with Gasteiger partial charge in [-0.3, -0.25) is 9.59 Å². The standard InChI is InChI=1S/C19H22N4O2/c1-21-19(25)14(11-20)17(24)12-23-16-10-6-5-9-15(16)22-18(23)13-7-3-2-4-8-13/h5-6,9-10,13-14H,2-4,7-8,12H2,1H3,(H,21,25)/t14-/m0/s1. The molecule has 3 rings (SSSR count). The Morgan fingerprint density at radius 1 is 1.32 bits per heavy atom. The molecule has 130 valence electrons. The molecule has 1 aromatic heterocycles. The molecule has 0 unspecified atom stereocenters. The van der Waals surface area contributed by atoms with Gasteiger partial charge in [0.25, 0.3) is 0 Å². The second kappa shape index (κ2) is 7.47. The molecule has 1 aliphatic rings. The Bertz CT molecular complexity index is 828. The van der Waals surface area contributed by atoms with Gasteiger partial charge in [0.1, 0.15) is 5.82 Å². The van der Waals surface area contributed by atoms with Crippen LogP contribution in [0.25, 0.3) is 11.0 Å². The van der Waals surface area contributed by atoms with Gasteiger partial charge in [-0.1, -0.05) is 31.4 Å². The zero-order valence-corrected chi connectivity index (χ0v) is 14.4. The number of carbonyl (C=O) groups is 2. The van der Waals surface area contributed by atoms with Crippen LogP contribution < -0.4 is 5.32 Å². The first-order valence-corrected chi connectivity index (χ1v) is 8.74.